The summed E-state index contributed by atoms with van der Waals surface area (Å²) in [7, 11) is 2.01. The highest BCUT2D eigenvalue weighted by molar-refractivity contribution is 9.10. The lowest BCUT2D eigenvalue weighted by atomic mass is 9.94. The van der Waals surface area contributed by atoms with Crippen molar-refractivity contribution in [2.75, 3.05) is 32.5 Å². The molecule has 106 valence electrons. The van der Waals surface area contributed by atoms with Crippen molar-refractivity contribution in [2.24, 2.45) is 0 Å². The van der Waals surface area contributed by atoms with Gasteiger partial charge in [0.05, 0.1) is 5.60 Å². The fraction of sp³-hybridized carbons (Fsp3) is 0.571. The van der Waals surface area contributed by atoms with Crippen molar-refractivity contribution < 1.29 is 9.84 Å². The molecule has 1 aliphatic rings. The Morgan fingerprint density at radius 3 is 2.74 bits per heavy atom. The first-order valence-electron chi connectivity index (χ1n) is 6.52. The number of nitrogens with two attached hydrogens (primary N) is 1. The fourth-order valence-electron chi connectivity index (χ4n) is 2.48. The number of hydrogen-bond acceptors (Lipinski definition) is 4. The molecular weight excluding hydrogens is 308 g/mol. The Hall–Kier alpha value is -0.620. The SMILES string of the molecule is CN(Cc1c(N)cccc1Br)CC1(O)CCOCC1. The first kappa shape index (κ1) is 14.8. The van der Waals surface area contributed by atoms with Gasteiger partial charge in [-0.3, -0.25) is 4.90 Å². The number of hydrogen-bond donors (Lipinski definition) is 2. The highest BCUT2D eigenvalue weighted by Gasteiger charge is 2.31. The molecule has 0 amide bonds. The maximum Gasteiger partial charge on any atom is 0.0817 e. The van der Waals surface area contributed by atoms with Crippen molar-refractivity contribution in [1.82, 2.24) is 4.90 Å². The highest BCUT2D eigenvalue weighted by atomic mass is 79.9. The number of benzene rings is 1. The van der Waals surface area contributed by atoms with Crippen molar-refractivity contribution in [3.63, 3.8) is 0 Å². The molecule has 0 unspecified atom stereocenters. The minimum absolute atomic E-state index is 0.636. The Balaban J connectivity index is 1.99. The van der Waals surface area contributed by atoms with Crippen LogP contribution >= 0.6 is 15.9 Å². The third-order valence-electron chi connectivity index (χ3n) is 3.57. The van der Waals surface area contributed by atoms with Crippen LogP contribution in [0.4, 0.5) is 5.69 Å². The second-order valence-corrected chi connectivity index (χ2v) is 6.17. The molecule has 4 nitrogen and oxygen atoms in total. The normalized spacial score (nSPS) is 18.7. The maximum absolute atomic E-state index is 10.5. The van der Waals surface area contributed by atoms with Crippen molar-refractivity contribution in [3.8, 4) is 0 Å². The van der Waals surface area contributed by atoms with Crippen molar-refractivity contribution >= 4 is 21.6 Å². The molecule has 5 heteroatoms. The number of aliphatic hydroxyl groups is 1. The van der Waals surface area contributed by atoms with Gasteiger partial charge >= 0.3 is 0 Å². The molecule has 1 saturated heterocycles. The average Bonchev–Trinajstić information content (AvgIpc) is 2.34. The number of nitrogen functional groups attached to an aromatic ring is 1. The first-order chi connectivity index (χ1) is 9.00. The quantitative estimate of drug-likeness (QED) is 0.830. The van der Waals surface area contributed by atoms with Crippen LogP contribution in [-0.2, 0) is 11.3 Å². The summed E-state index contributed by atoms with van der Waals surface area (Å²) >= 11 is 3.53. The third kappa shape index (κ3) is 3.92. The molecule has 0 spiro atoms. The van der Waals surface area contributed by atoms with Gasteiger partial charge in [0, 0.05) is 54.9 Å². The number of likely N-dealkylation sites (N-methyl/N-ethyl adjacent to an activating group) is 1. The Morgan fingerprint density at radius 2 is 2.11 bits per heavy atom. The monoisotopic (exact) mass is 328 g/mol. The van der Waals surface area contributed by atoms with Crippen molar-refractivity contribution in [2.45, 2.75) is 25.0 Å². The molecule has 0 atom stereocenters. The Bertz CT molecular complexity index is 413. The molecule has 0 saturated carbocycles. The van der Waals surface area contributed by atoms with Gasteiger partial charge in [-0.15, -0.1) is 0 Å². The van der Waals surface area contributed by atoms with E-state index in [-0.39, 0.29) is 0 Å². The zero-order valence-electron chi connectivity index (χ0n) is 11.2. The summed E-state index contributed by atoms with van der Waals surface area (Å²) in [6.45, 7) is 2.64. The van der Waals surface area contributed by atoms with Gasteiger partial charge in [0.15, 0.2) is 0 Å². The largest absolute Gasteiger partial charge is 0.398 e. The lowest BCUT2D eigenvalue weighted by Crippen LogP contribution is -2.45. The van der Waals surface area contributed by atoms with Gasteiger partial charge in [-0.2, -0.15) is 0 Å². The smallest absolute Gasteiger partial charge is 0.0817 e. The second kappa shape index (κ2) is 6.22. The van der Waals surface area contributed by atoms with Crippen LogP contribution in [0.3, 0.4) is 0 Å². The molecule has 0 aromatic heterocycles. The minimum Gasteiger partial charge on any atom is -0.398 e. The zero-order valence-corrected chi connectivity index (χ0v) is 12.8. The predicted molar refractivity (Wildman–Crippen MR) is 79.9 cm³/mol. The van der Waals surface area contributed by atoms with Crippen LogP contribution < -0.4 is 5.73 Å². The zero-order chi connectivity index (χ0) is 13.9. The van der Waals surface area contributed by atoms with Crippen molar-refractivity contribution in [1.29, 1.82) is 0 Å². The molecule has 1 aromatic carbocycles. The molecule has 1 fully saturated rings. The summed E-state index contributed by atoms with van der Waals surface area (Å²) in [4.78, 5) is 2.11. The molecular formula is C14H21BrN2O2. The van der Waals surface area contributed by atoms with Crippen LogP contribution in [0.25, 0.3) is 0 Å². The van der Waals surface area contributed by atoms with E-state index >= 15 is 0 Å². The molecule has 19 heavy (non-hydrogen) atoms. The van der Waals surface area contributed by atoms with Gasteiger partial charge in [0.25, 0.3) is 0 Å². The molecule has 0 radical (unpaired) electrons. The van der Waals surface area contributed by atoms with Gasteiger partial charge < -0.3 is 15.6 Å². The molecule has 1 aliphatic heterocycles. The summed E-state index contributed by atoms with van der Waals surface area (Å²) < 4.78 is 6.31. The number of nitrogens with zero attached hydrogens (tertiary/aromatic N) is 1. The van der Waals surface area contributed by atoms with Crippen LogP contribution in [-0.4, -0.2) is 42.4 Å². The van der Waals surface area contributed by atoms with E-state index in [9.17, 15) is 5.11 Å². The summed E-state index contributed by atoms with van der Waals surface area (Å²) in [6, 6.07) is 5.81. The van der Waals surface area contributed by atoms with E-state index in [2.05, 4.69) is 20.8 Å². The predicted octanol–water partition coefficient (Wildman–Crippen LogP) is 2.00. The van der Waals surface area contributed by atoms with Crippen LogP contribution in [0.1, 0.15) is 18.4 Å². The summed E-state index contributed by atoms with van der Waals surface area (Å²) in [5, 5.41) is 10.5. The Kier molecular flexibility index (Phi) is 4.84. The number of anilines is 1. The number of halogens is 1. The standard InChI is InChI=1S/C14H21BrN2O2/c1-17(10-14(18)5-7-19-8-6-14)9-11-12(15)3-2-4-13(11)16/h2-4,18H,5-10,16H2,1H3. The molecule has 0 bridgehead atoms. The van der Waals surface area contributed by atoms with E-state index in [0.717, 1.165) is 22.3 Å². The van der Waals surface area contributed by atoms with Gasteiger partial charge in [-0.05, 0) is 19.2 Å². The van der Waals surface area contributed by atoms with Crippen LogP contribution in [0.2, 0.25) is 0 Å². The topological polar surface area (TPSA) is 58.7 Å². The summed E-state index contributed by atoms with van der Waals surface area (Å²) in [5.41, 5.74) is 7.21. The summed E-state index contributed by atoms with van der Waals surface area (Å²) in [6.07, 6.45) is 1.39. The van der Waals surface area contributed by atoms with Crippen LogP contribution in [0, 0.1) is 0 Å². The molecule has 2 rings (SSSR count). The average molecular weight is 329 g/mol. The number of rotatable bonds is 4. The Morgan fingerprint density at radius 1 is 1.42 bits per heavy atom. The van der Waals surface area contributed by atoms with E-state index < -0.39 is 5.60 Å². The molecule has 0 aliphatic carbocycles. The minimum atomic E-state index is -0.636. The van der Waals surface area contributed by atoms with E-state index in [1.54, 1.807) is 0 Å². The lowest BCUT2D eigenvalue weighted by molar-refractivity contribution is -0.0777. The number of ether oxygens (including phenoxy) is 1. The second-order valence-electron chi connectivity index (χ2n) is 5.32. The lowest BCUT2D eigenvalue weighted by Gasteiger charge is -2.35. The van der Waals surface area contributed by atoms with Gasteiger partial charge in [-0.1, -0.05) is 22.0 Å². The van der Waals surface area contributed by atoms with E-state index in [4.69, 9.17) is 10.5 Å². The van der Waals surface area contributed by atoms with Crippen LogP contribution in [0.15, 0.2) is 22.7 Å². The van der Waals surface area contributed by atoms with Gasteiger partial charge in [-0.25, -0.2) is 0 Å². The van der Waals surface area contributed by atoms with E-state index in [0.29, 0.717) is 32.6 Å². The van der Waals surface area contributed by atoms with Crippen molar-refractivity contribution in [3.05, 3.63) is 28.2 Å². The first-order valence-corrected chi connectivity index (χ1v) is 7.31. The van der Waals surface area contributed by atoms with E-state index in [1.807, 2.05) is 25.2 Å². The fourth-order valence-corrected chi connectivity index (χ4v) is 2.99. The van der Waals surface area contributed by atoms with Crippen LogP contribution in [0.5, 0.6) is 0 Å². The Labute approximate surface area is 122 Å². The maximum atomic E-state index is 10.5. The molecule has 1 aromatic rings. The van der Waals surface area contributed by atoms with Gasteiger partial charge in [0.1, 0.15) is 0 Å². The third-order valence-corrected chi connectivity index (χ3v) is 4.31. The summed E-state index contributed by atoms with van der Waals surface area (Å²) in [5.74, 6) is 0. The highest BCUT2D eigenvalue weighted by Crippen LogP contribution is 2.26. The van der Waals surface area contributed by atoms with E-state index in [1.165, 1.54) is 0 Å². The molecule has 3 N–H and O–H groups in total. The van der Waals surface area contributed by atoms with Gasteiger partial charge in [0.2, 0.25) is 0 Å². The molecule has 1 heterocycles.